The molecule has 5 heteroatoms. The third-order valence-corrected chi connectivity index (χ3v) is 2.83. The van der Waals surface area contributed by atoms with Crippen LogP contribution in [0, 0.1) is 5.82 Å². The summed E-state index contributed by atoms with van der Waals surface area (Å²) < 4.78 is 16.2. The van der Waals surface area contributed by atoms with Gasteiger partial charge in [-0.25, -0.2) is 9.37 Å². The van der Waals surface area contributed by atoms with E-state index in [9.17, 15) is 4.39 Å². The van der Waals surface area contributed by atoms with Crippen molar-refractivity contribution in [1.29, 1.82) is 0 Å². The van der Waals surface area contributed by atoms with Crippen molar-refractivity contribution in [3.8, 4) is 0 Å². The number of aryl methyl sites for hydroxylation is 1. The number of imidazole rings is 1. The van der Waals surface area contributed by atoms with Gasteiger partial charge in [0.2, 0.25) is 0 Å². The summed E-state index contributed by atoms with van der Waals surface area (Å²) in [6, 6.07) is 4.17. The van der Waals surface area contributed by atoms with E-state index in [0.717, 1.165) is 4.47 Å². The minimum absolute atomic E-state index is 0.318. The van der Waals surface area contributed by atoms with Gasteiger partial charge in [-0.15, -0.1) is 0 Å². The third kappa shape index (κ3) is 2.15. The second-order valence-corrected chi connectivity index (χ2v) is 4.52. The average Bonchev–Trinajstić information content (AvgIpc) is 2.67. The molecule has 0 spiro atoms. The van der Waals surface area contributed by atoms with E-state index in [2.05, 4.69) is 20.9 Å². The standard InChI is InChI=1S/C11H11BrFN3/c1-16-5-10(15-6-16)11(14)8-4-7(12)2-3-9(8)13/h2-6,11H,14H2,1H3. The van der Waals surface area contributed by atoms with E-state index in [-0.39, 0.29) is 5.82 Å². The summed E-state index contributed by atoms with van der Waals surface area (Å²) in [5.74, 6) is -0.318. The molecular weight excluding hydrogens is 273 g/mol. The Balaban J connectivity index is 2.40. The molecule has 2 rings (SSSR count). The molecule has 0 aliphatic rings. The van der Waals surface area contributed by atoms with Crippen LogP contribution in [0.4, 0.5) is 4.39 Å². The lowest BCUT2D eigenvalue weighted by atomic mass is 10.0. The summed E-state index contributed by atoms with van der Waals surface area (Å²) in [7, 11) is 1.85. The van der Waals surface area contributed by atoms with Gasteiger partial charge >= 0.3 is 0 Å². The van der Waals surface area contributed by atoms with Gasteiger partial charge in [-0.2, -0.15) is 0 Å². The molecule has 0 saturated carbocycles. The number of aromatic nitrogens is 2. The molecule has 0 saturated heterocycles. The normalized spacial score (nSPS) is 12.8. The summed E-state index contributed by atoms with van der Waals surface area (Å²) in [6.45, 7) is 0. The second kappa shape index (κ2) is 4.35. The highest BCUT2D eigenvalue weighted by Crippen LogP contribution is 2.24. The van der Waals surface area contributed by atoms with Crippen LogP contribution in [-0.4, -0.2) is 9.55 Å². The Labute approximate surface area is 101 Å². The Bertz CT molecular complexity index is 510. The molecule has 1 aromatic heterocycles. The molecule has 84 valence electrons. The van der Waals surface area contributed by atoms with E-state index in [1.54, 1.807) is 29.2 Å². The van der Waals surface area contributed by atoms with Crippen LogP contribution in [0.25, 0.3) is 0 Å². The molecule has 0 aliphatic carbocycles. The number of nitrogens with two attached hydrogens (primary N) is 1. The quantitative estimate of drug-likeness (QED) is 0.920. The van der Waals surface area contributed by atoms with Crippen molar-refractivity contribution in [2.75, 3.05) is 0 Å². The first-order valence-electron chi connectivity index (χ1n) is 4.76. The molecule has 1 unspecified atom stereocenters. The van der Waals surface area contributed by atoms with Crippen molar-refractivity contribution in [2.24, 2.45) is 12.8 Å². The molecule has 0 amide bonds. The summed E-state index contributed by atoms with van der Waals surface area (Å²) in [5, 5.41) is 0. The van der Waals surface area contributed by atoms with E-state index in [1.165, 1.54) is 6.07 Å². The van der Waals surface area contributed by atoms with E-state index in [1.807, 2.05) is 7.05 Å². The van der Waals surface area contributed by atoms with Crippen LogP contribution in [0.5, 0.6) is 0 Å². The maximum Gasteiger partial charge on any atom is 0.128 e. The number of hydrogen-bond acceptors (Lipinski definition) is 2. The lowest BCUT2D eigenvalue weighted by molar-refractivity contribution is 0.597. The van der Waals surface area contributed by atoms with Gasteiger partial charge in [0.05, 0.1) is 18.1 Å². The van der Waals surface area contributed by atoms with Crippen LogP contribution >= 0.6 is 15.9 Å². The zero-order valence-electron chi connectivity index (χ0n) is 8.69. The lowest BCUT2D eigenvalue weighted by Crippen LogP contribution is -2.14. The van der Waals surface area contributed by atoms with Crippen molar-refractivity contribution in [1.82, 2.24) is 9.55 Å². The van der Waals surface area contributed by atoms with Gasteiger partial charge in [0.15, 0.2) is 0 Å². The predicted molar refractivity (Wildman–Crippen MR) is 63.3 cm³/mol. The van der Waals surface area contributed by atoms with Crippen LogP contribution in [0.3, 0.4) is 0 Å². The zero-order valence-corrected chi connectivity index (χ0v) is 10.3. The van der Waals surface area contributed by atoms with E-state index in [4.69, 9.17) is 5.73 Å². The molecule has 2 N–H and O–H groups in total. The molecule has 3 nitrogen and oxygen atoms in total. The number of rotatable bonds is 2. The van der Waals surface area contributed by atoms with Gasteiger partial charge in [-0.3, -0.25) is 0 Å². The topological polar surface area (TPSA) is 43.8 Å². The van der Waals surface area contributed by atoms with Crippen LogP contribution in [0.15, 0.2) is 35.2 Å². The highest BCUT2D eigenvalue weighted by atomic mass is 79.9. The van der Waals surface area contributed by atoms with Crippen molar-refractivity contribution < 1.29 is 4.39 Å². The van der Waals surface area contributed by atoms with Crippen molar-refractivity contribution in [3.63, 3.8) is 0 Å². The van der Waals surface area contributed by atoms with Crippen molar-refractivity contribution >= 4 is 15.9 Å². The number of benzene rings is 1. The molecule has 0 fully saturated rings. The molecule has 2 aromatic rings. The molecule has 0 aliphatic heterocycles. The summed E-state index contributed by atoms with van der Waals surface area (Å²) in [6.07, 6.45) is 3.43. The molecular formula is C11H11BrFN3. The van der Waals surface area contributed by atoms with E-state index >= 15 is 0 Å². The maximum absolute atomic E-state index is 13.6. The third-order valence-electron chi connectivity index (χ3n) is 2.34. The predicted octanol–water partition coefficient (Wildman–Crippen LogP) is 2.37. The Hall–Kier alpha value is -1.20. The first-order valence-corrected chi connectivity index (χ1v) is 5.55. The van der Waals surface area contributed by atoms with Crippen LogP contribution < -0.4 is 5.73 Å². The largest absolute Gasteiger partial charge is 0.340 e. The lowest BCUT2D eigenvalue weighted by Gasteiger charge is -2.10. The molecule has 0 bridgehead atoms. The second-order valence-electron chi connectivity index (χ2n) is 3.61. The van der Waals surface area contributed by atoms with Crippen molar-refractivity contribution in [3.05, 3.63) is 52.3 Å². The number of hydrogen-bond donors (Lipinski definition) is 1. The SMILES string of the molecule is Cn1cnc(C(N)c2cc(Br)ccc2F)c1. The maximum atomic E-state index is 13.6. The monoisotopic (exact) mass is 283 g/mol. The van der Waals surface area contributed by atoms with Gasteiger partial charge < -0.3 is 10.3 Å². The Kier molecular flexibility index (Phi) is 3.07. The van der Waals surface area contributed by atoms with Gasteiger partial charge in [-0.1, -0.05) is 15.9 Å². The minimum atomic E-state index is -0.543. The molecule has 16 heavy (non-hydrogen) atoms. The summed E-state index contributed by atoms with van der Waals surface area (Å²) in [4.78, 5) is 4.12. The molecule has 1 heterocycles. The first-order chi connectivity index (χ1) is 7.58. The smallest absolute Gasteiger partial charge is 0.128 e. The Morgan fingerprint density at radius 3 is 2.88 bits per heavy atom. The average molecular weight is 284 g/mol. The Morgan fingerprint density at radius 2 is 2.25 bits per heavy atom. The molecule has 1 aromatic carbocycles. The van der Waals surface area contributed by atoms with Crippen LogP contribution in [-0.2, 0) is 7.05 Å². The molecule has 1 atom stereocenters. The Morgan fingerprint density at radius 1 is 1.50 bits per heavy atom. The van der Waals surface area contributed by atoms with Gasteiger partial charge in [0, 0.05) is 23.3 Å². The fourth-order valence-corrected chi connectivity index (χ4v) is 1.88. The first kappa shape index (κ1) is 11.3. The summed E-state index contributed by atoms with van der Waals surface area (Å²) >= 11 is 3.29. The number of halogens is 2. The van der Waals surface area contributed by atoms with Gasteiger partial charge in [0.25, 0.3) is 0 Å². The van der Waals surface area contributed by atoms with Crippen molar-refractivity contribution in [2.45, 2.75) is 6.04 Å². The zero-order chi connectivity index (χ0) is 11.7. The summed E-state index contributed by atoms with van der Waals surface area (Å²) in [5.41, 5.74) is 7.05. The highest BCUT2D eigenvalue weighted by Gasteiger charge is 2.15. The fraction of sp³-hybridized carbons (Fsp3) is 0.182. The van der Waals surface area contributed by atoms with Gasteiger partial charge in [0.1, 0.15) is 5.82 Å². The van der Waals surface area contributed by atoms with Crippen LogP contribution in [0.1, 0.15) is 17.3 Å². The highest BCUT2D eigenvalue weighted by molar-refractivity contribution is 9.10. The minimum Gasteiger partial charge on any atom is -0.340 e. The number of nitrogens with zero attached hydrogens (tertiary/aromatic N) is 2. The van der Waals surface area contributed by atoms with Gasteiger partial charge in [-0.05, 0) is 18.2 Å². The van der Waals surface area contributed by atoms with E-state index < -0.39 is 6.04 Å². The van der Waals surface area contributed by atoms with E-state index in [0.29, 0.717) is 11.3 Å². The van der Waals surface area contributed by atoms with Crippen LogP contribution in [0.2, 0.25) is 0 Å². The fourth-order valence-electron chi connectivity index (χ4n) is 1.51. The molecule has 0 radical (unpaired) electrons.